The van der Waals surface area contributed by atoms with Crippen molar-refractivity contribution in [1.82, 2.24) is 24.6 Å². The first-order valence-electron chi connectivity index (χ1n) is 12.2. The largest absolute Gasteiger partial charge is 0.457 e. The van der Waals surface area contributed by atoms with Crippen molar-refractivity contribution in [2.75, 3.05) is 18.8 Å². The molecular formula is C27H32N6O3. The van der Waals surface area contributed by atoms with Gasteiger partial charge in [0.1, 0.15) is 29.3 Å². The first-order chi connectivity index (χ1) is 17.3. The number of rotatable bonds is 6. The number of aliphatic hydroxyl groups is 1. The molecule has 0 unspecified atom stereocenters. The summed E-state index contributed by atoms with van der Waals surface area (Å²) in [4.78, 5) is 10.7. The number of para-hydroxylation sites is 1. The van der Waals surface area contributed by atoms with Crippen LogP contribution in [0.4, 0.5) is 5.82 Å². The van der Waals surface area contributed by atoms with E-state index in [0.717, 1.165) is 47.5 Å². The number of benzene rings is 2. The summed E-state index contributed by atoms with van der Waals surface area (Å²) in [5.74, 6) is 1.89. The Balaban J connectivity index is 1.44. The first-order valence-corrected chi connectivity index (χ1v) is 12.2. The zero-order valence-electron chi connectivity index (χ0n) is 20.8. The highest BCUT2D eigenvalue weighted by molar-refractivity contribution is 5.98. The molecule has 0 amide bonds. The summed E-state index contributed by atoms with van der Waals surface area (Å²) in [6.07, 6.45) is 2.29. The minimum atomic E-state index is -0.981. The van der Waals surface area contributed by atoms with Gasteiger partial charge in [-0.2, -0.15) is 5.10 Å². The van der Waals surface area contributed by atoms with E-state index in [4.69, 9.17) is 20.3 Å². The van der Waals surface area contributed by atoms with Gasteiger partial charge >= 0.3 is 0 Å². The van der Waals surface area contributed by atoms with Crippen LogP contribution < -0.4 is 10.5 Å². The number of nitrogen functional groups attached to an aromatic ring is 1. The molecule has 1 fully saturated rings. The topological polar surface area (TPSA) is 112 Å². The second-order valence-electron chi connectivity index (χ2n) is 10.0. The molecule has 0 saturated carbocycles. The number of hydrogen-bond donors (Lipinski definition) is 2. The monoisotopic (exact) mass is 488 g/mol. The third-order valence-corrected chi connectivity index (χ3v) is 6.17. The Morgan fingerprint density at radius 3 is 2.47 bits per heavy atom. The van der Waals surface area contributed by atoms with Crippen molar-refractivity contribution in [2.24, 2.45) is 0 Å². The molecule has 0 aliphatic carbocycles. The van der Waals surface area contributed by atoms with Gasteiger partial charge in [0.25, 0.3) is 0 Å². The Hall–Kier alpha value is -3.53. The fraction of sp³-hybridized carbons (Fsp3) is 0.370. The van der Waals surface area contributed by atoms with Crippen LogP contribution in [0.1, 0.15) is 39.7 Å². The predicted octanol–water partition coefficient (Wildman–Crippen LogP) is 4.60. The smallest absolute Gasteiger partial charge is 0.216 e. The van der Waals surface area contributed by atoms with Gasteiger partial charge in [-0.1, -0.05) is 18.2 Å². The maximum Gasteiger partial charge on any atom is 0.216 e. The summed E-state index contributed by atoms with van der Waals surface area (Å²) in [6, 6.07) is 17.4. The lowest BCUT2D eigenvalue weighted by atomic mass is 10.1. The molecule has 5 rings (SSSR count). The van der Waals surface area contributed by atoms with Gasteiger partial charge < -0.3 is 20.3 Å². The minimum Gasteiger partial charge on any atom is -0.457 e. The van der Waals surface area contributed by atoms with Crippen LogP contribution in [0.25, 0.3) is 22.3 Å². The normalized spacial score (nSPS) is 17.8. The van der Waals surface area contributed by atoms with Gasteiger partial charge in [-0.25, -0.2) is 14.6 Å². The van der Waals surface area contributed by atoms with Crippen molar-refractivity contribution >= 4 is 16.9 Å². The summed E-state index contributed by atoms with van der Waals surface area (Å²) in [6.45, 7) is 7.13. The minimum absolute atomic E-state index is 0.00297. The summed E-state index contributed by atoms with van der Waals surface area (Å²) >= 11 is 0. The molecule has 0 bridgehead atoms. The molecule has 1 aliphatic heterocycles. The van der Waals surface area contributed by atoms with Crippen LogP contribution >= 0.6 is 0 Å². The van der Waals surface area contributed by atoms with Crippen LogP contribution in [0.2, 0.25) is 0 Å². The molecule has 0 spiro atoms. The van der Waals surface area contributed by atoms with Gasteiger partial charge in [0.05, 0.1) is 17.0 Å². The third-order valence-electron chi connectivity index (χ3n) is 6.17. The summed E-state index contributed by atoms with van der Waals surface area (Å²) in [5.41, 5.74) is 8.16. The van der Waals surface area contributed by atoms with Gasteiger partial charge in [-0.15, -0.1) is 0 Å². The Kier molecular flexibility index (Phi) is 6.61. The fourth-order valence-electron chi connectivity index (χ4n) is 4.53. The van der Waals surface area contributed by atoms with E-state index in [9.17, 15) is 5.11 Å². The van der Waals surface area contributed by atoms with Gasteiger partial charge in [0.2, 0.25) is 6.41 Å². The van der Waals surface area contributed by atoms with Crippen molar-refractivity contribution in [1.29, 1.82) is 0 Å². The number of aromatic nitrogens is 4. The van der Waals surface area contributed by atoms with E-state index in [2.05, 4.69) is 9.97 Å². The van der Waals surface area contributed by atoms with Gasteiger partial charge in [0, 0.05) is 18.7 Å². The van der Waals surface area contributed by atoms with Crippen molar-refractivity contribution < 1.29 is 14.6 Å². The summed E-state index contributed by atoms with van der Waals surface area (Å²) in [5, 5.41) is 16.4. The molecule has 36 heavy (non-hydrogen) atoms. The average Bonchev–Trinajstić information content (AvgIpc) is 3.25. The SMILES string of the molecule is CC(C)(C)O[C@@H](O)N1CCC[C@@H](n2nc(-c3ccc(Oc4ccccc4)cc3)c3c(N)ncnc32)C1. The van der Waals surface area contributed by atoms with Gasteiger partial charge in [0.15, 0.2) is 5.65 Å². The van der Waals surface area contributed by atoms with E-state index in [-0.39, 0.29) is 6.04 Å². The molecule has 2 aromatic heterocycles. The zero-order chi connectivity index (χ0) is 25.3. The average molecular weight is 489 g/mol. The molecule has 0 radical (unpaired) electrons. The second-order valence-corrected chi connectivity index (χ2v) is 10.0. The lowest BCUT2D eigenvalue weighted by molar-refractivity contribution is -0.244. The quantitative estimate of drug-likeness (QED) is 0.379. The number of likely N-dealkylation sites (tertiary alicyclic amines) is 1. The molecule has 1 saturated heterocycles. The highest BCUT2D eigenvalue weighted by Gasteiger charge is 2.31. The summed E-state index contributed by atoms with van der Waals surface area (Å²) < 4.78 is 13.6. The van der Waals surface area contributed by atoms with Crippen molar-refractivity contribution in [3.8, 4) is 22.8 Å². The molecule has 2 atom stereocenters. The second kappa shape index (κ2) is 9.85. The Morgan fingerprint density at radius 1 is 1.03 bits per heavy atom. The van der Waals surface area contributed by atoms with E-state index in [1.165, 1.54) is 6.33 Å². The van der Waals surface area contributed by atoms with E-state index in [0.29, 0.717) is 18.0 Å². The van der Waals surface area contributed by atoms with Crippen LogP contribution in [0.15, 0.2) is 60.9 Å². The van der Waals surface area contributed by atoms with E-state index in [1.54, 1.807) is 0 Å². The Morgan fingerprint density at radius 2 is 1.75 bits per heavy atom. The maximum atomic E-state index is 10.7. The zero-order valence-corrected chi connectivity index (χ0v) is 20.8. The molecular weight excluding hydrogens is 456 g/mol. The Bertz CT molecular complexity index is 1320. The fourth-order valence-corrected chi connectivity index (χ4v) is 4.53. The number of hydrogen-bond acceptors (Lipinski definition) is 8. The maximum absolute atomic E-state index is 10.7. The van der Waals surface area contributed by atoms with Crippen LogP contribution in [0.5, 0.6) is 11.5 Å². The predicted molar refractivity (Wildman–Crippen MR) is 138 cm³/mol. The van der Waals surface area contributed by atoms with Crippen molar-refractivity contribution in [3.63, 3.8) is 0 Å². The van der Waals surface area contributed by atoms with Crippen molar-refractivity contribution in [2.45, 2.75) is 51.7 Å². The van der Waals surface area contributed by atoms with Crippen LogP contribution in [-0.4, -0.2) is 54.9 Å². The highest BCUT2D eigenvalue weighted by Crippen LogP contribution is 2.35. The standard InChI is InChI=1S/C27H32N6O3/c1-27(2,3)36-26(34)32-15-7-8-19(16-32)33-25-22(24(28)29-17-30-25)23(31-33)18-11-13-21(14-12-18)35-20-9-5-4-6-10-20/h4-6,9-14,17,19,26,34H,7-8,15-16H2,1-3H3,(H2,28,29,30)/t19-,26-/m1/s1. The molecule has 188 valence electrons. The number of piperidine rings is 1. The molecule has 1 aliphatic rings. The van der Waals surface area contributed by atoms with E-state index >= 15 is 0 Å². The van der Waals surface area contributed by atoms with Crippen LogP contribution in [0, 0.1) is 0 Å². The number of aliphatic hydroxyl groups excluding tert-OH is 1. The first kappa shape index (κ1) is 24.2. The molecule has 9 heteroatoms. The highest BCUT2D eigenvalue weighted by atomic mass is 16.6. The number of ether oxygens (including phenoxy) is 2. The number of nitrogens with zero attached hydrogens (tertiary/aromatic N) is 5. The molecule has 3 N–H and O–H groups in total. The van der Waals surface area contributed by atoms with E-state index in [1.807, 2.05) is 85.0 Å². The lowest BCUT2D eigenvalue weighted by Gasteiger charge is -2.37. The van der Waals surface area contributed by atoms with Crippen LogP contribution in [-0.2, 0) is 4.74 Å². The lowest BCUT2D eigenvalue weighted by Crippen LogP contribution is -2.47. The number of anilines is 1. The number of nitrogens with two attached hydrogens (primary N) is 1. The Labute approximate surface area is 210 Å². The number of fused-ring (bicyclic) bond motifs is 1. The van der Waals surface area contributed by atoms with E-state index < -0.39 is 12.0 Å². The third kappa shape index (κ3) is 5.18. The molecule has 3 heterocycles. The summed E-state index contributed by atoms with van der Waals surface area (Å²) in [7, 11) is 0. The molecule has 2 aromatic carbocycles. The molecule has 4 aromatic rings. The van der Waals surface area contributed by atoms with Crippen molar-refractivity contribution in [3.05, 3.63) is 60.9 Å². The van der Waals surface area contributed by atoms with Crippen LogP contribution in [0.3, 0.4) is 0 Å². The van der Waals surface area contributed by atoms with Gasteiger partial charge in [-0.05, 0) is 70.0 Å². The van der Waals surface area contributed by atoms with Gasteiger partial charge in [-0.3, -0.25) is 4.90 Å². The molecule has 9 nitrogen and oxygen atoms in total.